The standard InChI is InChI=1S/C22H27F5N4O2S2/c23-18(24)11-33-21-30-16-10-31(8-6-17(16)35-21)7-5-13-1-3-14(4-2-13)28-19(32)9-15-12-34-20(29-15)22(25,26)27/h12-14,18H,1-11H2,(H,28,32)/t13-,14-. The van der Waals surface area contributed by atoms with Crippen LogP contribution in [0.3, 0.4) is 0 Å². The average Bonchev–Trinajstić information content (AvgIpc) is 3.43. The van der Waals surface area contributed by atoms with Gasteiger partial charge >= 0.3 is 6.18 Å². The number of halogens is 5. The molecule has 4 rings (SSSR count). The van der Waals surface area contributed by atoms with Crippen molar-refractivity contribution in [2.24, 2.45) is 5.92 Å². The number of aromatic nitrogens is 2. The lowest BCUT2D eigenvalue weighted by Crippen LogP contribution is -2.39. The van der Waals surface area contributed by atoms with E-state index in [9.17, 15) is 26.7 Å². The Balaban J connectivity index is 1.14. The second-order valence-electron chi connectivity index (χ2n) is 8.97. The number of amides is 1. The number of carbonyl (C=O) groups is 1. The van der Waals surface area contributed by atoms with E-state index in [0.29, 0.717) is 29.0 Å². The van der Waals surface area contributed by atoms with Crippen LogP contribution < -0.4 is 10.1 Å². The molecule has 0 unspecified atom stereocenters. The monoisotopic (exact) mass is 538 g/mol. The number of nitrogens with one attached hydrogen (secondary N) is 1. The van der Waals surface area contributed by atoms with Gasteiger partial charge in [0.05, 0.1) is 17.8 Å². The van der Waals surface area contributed by atoms with Gasteiger partial charge in [-0.25, -0.2) is 18.7 Å². The van der Waals surface area contributed by atoms with Crippen LogP contribution in [0.2, 0.25) is 0 Å². The second kappa shape index (κ2) is 11.5. The molecular weight excluding hydrogens is 511 g/mol. The fraction of sp³-hybridized carbons (Fsp3) is 0.682. The molecule has 2 aromatic heterocycles. The third kappa shape index (κ3) is 7.56. The van der Waals surface area contributed by atoms with Gasteiger partial charge in [-0.2, -0.15) is 13.2 Å². The smallest absolute Gasteiger partial charge is 0.443 e. The highest BCUT2D eigenvalue weighted by molar-refractivity contribution is 7.13. The van der Waals surface area contributed by atoms with Crippen LogP contribution in [-0.4, -0.2) is 52.9 Å². The molecule has 6 nitrogen and oxygen atoms in total. The first-order valence-corrected chi connectivity index (χ1v) is 13.3. The summed E-state index contributed by atoms with van der Waals surface area (Å²) in [6, 6.07) is 0.0404. The summed E-state index contributed by atoms with van der Waals surface area (Å²) >= 11 is 1.86. The Morgan fingerprint density at radius 2 is 2.00 bits per heavy atom. The Labute approximate surface area is 207 Å². The van der Waals surface area contributed by atoms with Crippen LogP contribution in [-0.2, 0) is 30.4 Å². The van der Waals surface area contributed by atoms with E-state index in [4.69, 9.17) is 4.74 Å². The zero-order valence-electron chi connectivity index (χ0n) is 19.0. The van der Waals surface area contributed by atoms with Crippen molar-refractivity contribution in [3.8, 4) is 5.19 Å². The van der Waals surface area contributed by atoms with E-state index in [1.54, 1.807) is 0 Å². The van der Waals surface area contributed by atoms with Gasteiger partial charge in [-0.05, 0) is 51.0 Å². The highest BCUT2D eigenvalue weighted by atomic mass is 32.1. The van der Waals surface area contributed by atoms with Crippen LogP contribution in [0.15, 0.2) is 5.38 Å². The molecule has 1 saturated carbocycles. The van der Waals surface area contributed by atoms with Gasteiger partial charge in [0.15, 0.2) is 11.6 Å². The SMILES string of the molecule is O=C(Cc1csc(C(F)(F)F)n1)N[C@H]1CC[C@H](CCN2CCc3sc(OCC(F)F)nc3C2)CC1. The Morgan fingerprint density at radius 3 is 2.69 bits per heavy atom. The van der Waals surface area contributed by atoms with Gasteiger partial charge in [-0.1, -0.05) is 11.3 Å². The highest BCUT2D eigenvalue weighted by Crippen LogP contribution is 2.33. The molecular formula is C22H27F5N4O2S2. The summed E-state index contributed by atoms with van der Waals surface area (Å²) in [4.78, 5) is 23.6. The summed E-state index contributed by atoms with van der Waals surface area (Å²) < 4.78 is 67.7. The lowest BCUT2D eigenvalue weighted by molar-refractivity contribution is -0.137. The van der Waals surface area contributed by atoms with Gasteiger partial charge in [0.2, 0.25) is 5.91 Å². The number of carbonyl (C=O) groups excluding carboxylic acids is 1. The van der Waals surface area contributed by atoms with Crippen LogP contribution >= 0.6 is 22.7 Å². The van der Waals surface area contributed by atoms with Gasteiger partial charge in [0.25, 0.3) is 11.6 Å². The lowest BCUT2D eigenvalue weighted by Gasteiger charge is -2.32. The predicted octanol–water partition coefficient (Wildman–Crippen LogP) is 4.93. The third-order valence-corrected chi connectivity index (χ3v) is 8.33. The molecule has 0 saturated heterocycles. The number of ether oxygens (including phenoxy) is 1. The van der Waals surface area contributed by atoms with Crippen LogP contribution in [0.1, 0.15) is 53.4 Å². The number of nitrogens with zero attached hydrogens (tertiary/aromatic N) is 3. The van der Waals surface area contributed by atoms with Crippen molar-refractivity contribution in [3.05, 3.63) is 26.7 Å². The molecule has 0 bridgehead atoms. The second-order valence-corrected chi connectivity index (χ2v) is 10.9. The minimum Gasteiger partial charge on any atom is -0.464 e. The van der Waals surface area contributed by atoms with Gasteiger partial charge in [-0.15, -0.1) is 11.3 Å². The maximum absolute atomic E-state index is 12.7. The topological polar surface area (TPSA) is 67.4 Å². The van der Waals surface area contributed by atoms with Crippen LogP contribution in [0.4, 0.5) is 22.0 Å². The van der Waals surface area contributed by atoms with Gasteiger partial charge in [0, 0.05) is 29.4 Å². The number of thiazole rings is 2. The minimum absolute atomic E-state index is 0.0404. The first-order valence-electron chi connectivity index (χ1n) is 11.6. The summed E-state index contributed by atoms with van der Waals surface area (Å²) in [5.41, 5.74) is 1.06. The third-order valence-electron chi connectivity index (χ3n) is 6.32. The maximum atomic E-state index is 12.7. The number of rotatable bonds is 9. The van der Waals surface area contributed by atoms with E-state index in [0.717, 1.165) is 62.2 Å². The molecule has 3 heterocycles. The molecule has 0 radical (unpaired) electrons. The van der Waals surface area contributed by atoms with Gasteiger partial charge < -0.3 is 10.1 Å². The summed E-state index contributed by atoms with van der Waals surface area (Å²) in [5.74, 6) is 0.259. The van der Waals surface area contributed by atoms with E-state index in [1.807, 2.05) is 0 Å². The van der Waals surface area contributed by atoms with E-state index in [-0.39, 0.29) is 24.1 Å². The van der Waals surface area contributed by atoms with Crippen molar-refractivity contribution in [2.75, 3.05) is 19.7 Å². The molecule has 2 aromatic rings. The fourth-order valence-corrected chi connectivity index (χ4v) is 6.14. The Bertz CT molecular complexity index is 989. The van der Waals surface area contributed by atoms with Crippen molar-refractivity contribution >= 4 is 28.6 Å². The first kappa shape index (κ1) is 26.2. The van der Waals surface area contributed by atoms with Gasteiger partial charge in [-0.3, -0.25) is 9.69 Å². The fourth-order valence-electron chi connectivity index (χ4n) is 4.54. The first-order chi connectivity index (χ1) is 16.7. The quantitative estimate of drug-likeness (QED) is 0.459. The maximum Gasteiger partial charge on any atom is 0.443 e. The summed E-state index contributed by atoms with van der Waals surface area (Å²) in [5, 5.41) is 3.61. The number of alkyl halides is 5. The summed E-state index contributed by atoms with van der Waals surface area (Å²) in [6.07, 6.45) is -1.59. The molecule has 1 aliphatic heterocycles. The Morgan fingerprint density at radius 1 is 1.23 bits per heavy atom. The van der Waals surface area contributed by atoms with E-state index in [1.165, 1.54) is 16.7 Å². The molecule has 35 heavy (non-hydrogen) atoms. The molecule has 2 aliphatic rings. The largest absolute Gasteiger partial charge is 0.464 e. The lowest BCUT2D eigenvalue weighted by atomic mass is 9.84. The van der Waals surface area contributed by atoms with Crippen LogP contribution in [0.25, 0.3) is 0 Å². The van der Waals surface area contributed by atoms with E-state index >= 15 is 0 Å². The van der Waals surface area contributed by atoms with Crippen molar-refractivity contribution in [1.29, 1.82) is 0 Å². The predicted molar refractivity (Wildman–Crippen MR) is 122 cm³/mol. The van der Waals surface area contributed by atoms with Crippen molar-refractivity contribution in [3.63, 3.8) is 0 Å². The Hall–Kier alpha value is -1.86. The minimum atomic E-state index is -4.48. The van der Waals surface area contributed by atoms with Crippen molar-refractivity contribution in [2.45, 2.75) is 70.1 Å². The highest BCUT2D eigenvalue weighted by Gasteiger charge is 2.34. The molecule has 0 spiro atoms. The molecule has 0 atom stereocenters. The summed E-state index contributed by atoms with van der Waals surface area (Å²) in [6.45, 7) is 1.89. The van der Waals surface area contributed by atoms with Crippen LogP contribution in [0, 0.1) is 5.92 Å². The molecule has 1 aliphatic carbocycles. The van der Waals surface area contributed by atoms with Gasteiger partial charge in [0.1, 0.15) is 0 Å². The molecule has 1 amide bonds. The molecule has 0 aromatic carbocycles. The van der Waals surface area contributed by atoms with E-state index in [2.05, 4.69) is 20.2 Å². The molecule has 13 heteroatoms. The van der Waals surface area contributed by atoms with E-state index < -0.39 is 24.2 Å². The van der Waals surface area contributed by atoms with Crippen molar-refractivity contribution in [1.82, 2.24) is 20.2 Å². The molecule has 1 fully saturated rings. The zero-order valence-corrected chi connectivity index (χ0v) is 20.6. The number of fused-ring (bicyclic) bond motifs is 1. The normalized spacial score (nSPS) is 21.2. The van der Waals surface area contributed by atoms with Crippen molar-refractivity contribution < 1.29 is 31.5 Å². The van der Waals surface area contributed by atoms with Crippen LogP contribution in [0.5, 0.6) is 5.19 Å². The number of hydrogen-bond donors (Lipinski definition) is 1. The number of hydrogen-bond acceptors (Lipinski definition) is 7. The zero-order chi connectivity index (χ0) is 25.0. The molecule has 1 N–H and O–H groups in total. The average molecular weight is 539 g/mol. The summed E-state index contributed by atoms with van der Waals surface area (Å²) in [7, 11) is 0. The Kier molecular flexibility index (Phi) is 8.59. The molecule has 194 valence electrons.